The molecule has 3 rings (SSSR count). The van der Waals surface area contributed by atoms with Crippen LogP contribution in [0.2, 0.25) is 0 Å². The number of aliphatic hydroxyl groups is 3. The molecule has 32 heavy (non-hydrogen) atoms. The molecule has 2 aliphatic heterocycles. The van der Waals surface area contributed by atoms with Gasteiger partial charge >= 0.3 is 43.1 Å². The van der Waals surface area contributed by atoms with E-state index >= 15 is 0 Å². The molecule has 0 fully saturated rings. The van der Waals surface area contributed by atoms with Crippen LogP contribution in [0.4, 0.5) is 0 Å². The van der Waals surface area contributed by atoms with E-state index in [0.717, 1.165) is 11.1 Å². The van der Waals surface area contributed by atoms with Crippen LogP contribution >= 0.6 is 7.82 Å². The zero-order valence-corrected chi connectivity index (χ0v) is 20.3. The molecule has 0 amide bonds. The molecule has 0 saturated carbocycles. The largest absolute Gasteiger partial charge is 1.00 e. The molecule has 168 valence electrons. The van der Waals surface area contributed by atoms with Crippen molar-refractivity contribution in [3.8, 4) is 17.4 Å². The molecule has 0 bridgehead atoms. The van der Waals surface area contributed by atoms with E-state index in [1.165, 1.54) is 4.57 Å². The summed E-state index contributed by atoms with van der Waals surface area (Å²) in [4.78, 5) is 40.3. The number of nitrogens with zero attached hydrogens (tertiary/aromatic N) is 4. The summed E-state index contributed by atoms with van der Waals surface area (Å²) in [6.07, 6.45) is -5.42. The molecule has 2 aliphatic rings. The van der Waals surface area contributed by atoms with Gasteiger partial charge in [-0.1, -0.05) is 0 Å². The SMILES string of the molecule is Cc1cc2nc3c([O-])nc(=O)nc-3n(C[C@H](O)[C@H](O)[C@H](O)COP(=O)(O)O)c2cc1C.[Na+]. The Morgan fingerprint density at radius 3 is 2.34 bits per heavy atom. The molecule has 0 unspecified atom stereocenters. The van der Waals surface area contributed by atoms with Crippen LogP contribution in [0.3, 0.4) is 0 Å². The van der Waals surface area contributed by atoms with Crippen LogP contribution in [0.15, 0.2) is 16.9 Å². The fourth-order valence-electron chi connectivity index (χ4n) is 3.02. The van der Waals surface area contributed by atoms with Gasteiger partial charge in [0, 0.05) is 5.88 Å². The minimum absolute atomic E-state index is 0. The van der Waals surface area contributed by atoms with Gasteiger partial charge in [-0.2, -0.15) is 4.98 Å². The van der Waals surface area contributed by atoms with E-state index in [0.29, 0.717) is 11.0 Å². The van der Waals surface area contributed by atoms with E-state index in [-0.39, 0.29) is 41.1 Å². The Hall–Kier alpha value is -1.51. The second-order valence-corrected chi connectivity index (χ2v) is 8.28. The summed E-state index contributed by atoms with van der Waals surface area (Å²) in [5.74, 6) is -1.08. The number of hydrogen-bond acceptors (Lipinski definition) is 10. The van der Waals surface area contributed by atoms with Crippen LogP contribution < -0.4 is 40.4 Å². The van der Waals surface area contributed by atoms with Gasteiger partial charge in [-0.05, 0) is 37.1 Å². The maximum Gasteiger partial charge on any atom is 1.00 e. The minimum Gasteiger partial charge on any atom is -0.857 e. The third kappa shape index (κ3) is 5.88. The normalized spacial score (nSPS) is 14.8. The maximum absolute atomic E-state index is 12.2. The monoisotopic (exact) mass is 478 g/mol. The molecule has 3 atom stereocenters. The third-order valence-corrected chi connectivity index (χ3v) is 5.24. The molecule has 0 aliphatic carbocycles. The van der Waals surface area contributed by atoms with Gasteiger partial charge in [0.1, 0.15) is 24.0 Å². The van der Waals surface area contributed by atoms with Gasteiger partial charge in [-0.3, -0.25) is 4.52 Å². The Balaban J connectivity index is 0.00000363. The molecule has 13 nitrogen and oxygen atoms in total. The van der Waals surface area contributed by atoms with Crippen LogP contribution in [0.1, 0.15) is 11.1 Å². The zero-order valence-electron chi connectivity index (χ0n) is 17.4. The second-order valence-electron chi connectivity index (χ2n) is 7.04. The molecule has 5 N–H and O–H groups in total. The number of aliphatic hydroxyl groups excluding tert-OH is 3. The van der Waals surface area contributed by atoms with Gasteiger partial charge in [0.15, 0.2) is 5.82 Å². The molecule has 2 heterocycles. The Bertz CT molecular complexity index is 1200. The van der Waals surface area contributed by atoms with E-state index in [4.69, 9.17) is 9.79 Å². The third-order valence-electron chi connectivity index (χ3n) is 4.75. The minimum atomic E-state index is -4.90. The average molecular weight is 478 g/mol. The van der Waals surface area contributed by atoms with E-state index in [1.54, 1.807) is 12.1 Å². The van der Waals surface area contributed by atoms with Crippen molar-refractivity contribution in [2.75, 3.05) is 6.61 Å². The average Bonchev–Trinajstić information content (AvgIpc) is 2.67. The molecule has 0 radical (unpaired) electrons. The standard InChI is InChI=1S/C17H21N4O9P.Na/c1-7-3-9-10(4-8(7)2)21(15-13(18-9)16(25)20-17(26)19-15)5-11(22)14(24)12(23)6-30-31(27,28)29;/h3-4,11-12,14,22-24H,5-6H2,1-2H3,(H,20,25,26)(H2,27,28,29);/q;+1/p-1/t11-,12+,14-;/m0./s1. The number of aromatic nitrogens is 4. The second kappa shape index (κ2) is 10.2. The fraction of sp³-hybridized carbons (Fsp3) is 0.412. The van der Waals surface area contributed by atoms with E-state index in [1.807, 2.05) is 13.8 Å². The number of hydrogen-bond donors (Lipinski definition) is 5. The topological polar surface area (TPSA) is 211 Å². The molecule has 15 heteroatoms. The van der Waals surface area contributed by atoms with Crippen LogP contribution in [0.25, 0.3) is 22.6 Å². The Kier molecular flexibility index (Phi) is 8.51. The Morgan fingerprint density at radius 1 is 1.09 bits per heavy atom. The number of rotatable bonds is 7. The van der Waals surface area contributed by atoms with Gasteiger partial charge in [0.05, 0.1) is 24.2 Å². The van der Waals surface area contributed by atoms with Crippen molar-refractivity contribution >= 4 is 18.9 Å². The summed E-state index contributed by atoms with van der Waals surface area (Å²) in [6, 6.07) is 3.39. The summed E-state index contributed by atoms with van der Waals surface area (Å²) < 4.78 is 16.2. The Morgan fingerprint density at radius 2 is 1.72 bits per heavy atom. The molecule has 0 saturated heterocycles. The molecule has 1 aromatic carbocycles. The summed E-state index contributed by atoms with van der Waals surface area (Å²) in [6.45, 7) is 2.26. The molecule has 1 aromatic rings. The number of phosphoric acid groups is 1. The molecular formula is C17H20N4NaO9P. The molecule has 0 spiro atoms. The smallest absolute Gasteiger partial charge is 0.857 e. The van der Waals surface area contributed by atoms with E-state index < -0.39 is 50.9 Å². The van der Waals surface area contributed by atoms with Crippen LogP contribution in [0.5, 0.6) is 5.88 Å². The van der Waals surface area contributed by atoms with E-state index in [2.05, 4.69) is 19.5 Å². The first-order chi connectivity index (χ1) is 14.4. The van der Waals surface area contributed by atoms with Gasteiger partial charge in [-0.25, -0.2) is 19.3 Å². The van der Waals surface area contributed by atoms with Gasteiger partial charge in [0.25, 0.3) is 0 Å². The van der Waals surface area contributed by atoms with Crippen LogP contribution in [-0.2, 0) is 15.6 Å². The molecule has 0 aromatic heterocycles. The summed E-state index contributed by atoms with van der Waals surface area (Å²) in [5.41, 5.74) is 1.17. The van der Waals surface area contributed by atoms with Gasteiger partial charge in [0.2, 0.25) is 0 Å². The summed E-state index contributed by atoms with van der Waals surface area (Å²) in [7, 11) is -4.90. The van der Waals surface area contributed by atoms with Crippen molar-refractivity contribution in [1.82, 2.24) is 19.5 Å². The zero-order chi connectivity index (χ0) is 23.1. The summed E-state index contributed by atoms with van der Waals surface area (Å²) >= 11 is 0. The first-order valence-electron chi connectivity index (χ1n) is 8.98. The van der Waals surface area contributed by atoms with Crippen molar-refractivity contribution in [3.63, 3.8) is 0 Å². The van der Waals surface area contributed by atoms with Crippen molar-refractivity contribution in [3.05, 3.63) is 33.7 Å². The number of phosphoric ester groups is 1. The van der Waals surface area contributed by atoms with Gasteiger partial charge in [-0.15, -0.1) is 0 Å². The predicted molar refractivity (Wildman–Crippen MR) is 103 cm³/mol. The predicted octanol–water partition coefficient (Wildman–Crippen LogP) is -4.82. The van der Waals surface area contributed by atoms with Crippen molar-refractivity contribution in [2.45, 2.75) is 38.7 Å². The van der Waals surface area contributed by atoms with Gasteiger partial charge < -0.3 is 34.8 Å². The van der Waals surface area contributed by atoms with Crippen molar-refractivity contribution in [2.24, 2.45) is 0 Å². The number of benzene rings is 1. The first kappa shape index (κ1) is 26.7. The van der Waals surface area contributed by atoms with E-state index in [9.17, 15) is 29.8 Å². The maximum atomic E-state index is 12.2. The Labute approximate surface area is 203 Å². The fourth-order valence-corrected chi connectivity index (χ4v) is 3.37. The number of fused-ring (bicyclic) bond motifs is 2. The van der Waals surface area contributed by atoms with Crippen molar-refractivity contribution in [1.29, 1.82) is 0 Å². The summed E-state index contributed by atoms with van der Waals surface area (Å²) in [5, 5.41) is 42.7. The van der Waals surface area contributed by atoms with Crippen LogP contribution in [0, 0.1) is 13.8 Å². The van der Waals surface area contributed by atoms with Crippen LogP contribution in [-0.4, -0.2) is 69.5 Å². The quantitative estimate of drug-likeness (QED) is 0.123. The van der Waals surface area contributed by atoms with Crippen molar-refractivity contribution < 1.29 is 68.9 Å². The first-order valence-corrected chi connectivity index (χ1v) is 10.5. The number of aryl methyl sites for hydroxylation is 2. The molecular weight excluding hydrogens is 458 g/mol.